The Balaban J connectivity index is 0.000000126. The average molecular weight is 1870 g/mol. The number of carbonyl (C=O) groups is 5. The second kappa shape index (κ2) is 42.4. The third kappa shape index (κ3) is 21.5. The molecule has 0 spiro atoms. The van der Waals surface area contributed by atoms with E-state index in [-0.39, 0.29) is 73.0 Å². The van der Waals surface area contributed by atoms with Gasteiger partial charge in [0.25, 0.3) is 27.8 Å². The van der Waals surface area contributed by atoms with Gasteiger partial charge >= 0.3 is 29.8 Å². The Bertz CT molecular complexity index is 8510. The van der Waals surface area contributed by atoms with E-state index in [1.807, 2.05) is 193 Å². The van der Waals surface area contributed by atoms with Crippen LogP contribution in [0.3, 0.4) is 0 Å². The number of aromatic nitrogens is 13. The van der Waals surface area contributed by atoms with E-state index >= 15 is 0 Å². The predicted molar refractivity (Wildman–Crippen MR) is 545 cm³/mol. The van der Waals surface area contributed by atoms with Gasteiger partial charge in [-0.2, -0.15) is 25.5 Å². The molecular formula is C112H103N13O15. The van der Waals surface area contributed by atoms with Crippen molar-refractivity contribution >= 4 is 138 Å². The van der Waals surface area contributed by atoms with Gasteiger partial charge in [-0.15, -0.1) is 0 Å². The number of carboxylic acids is 2. The zero-order valence-electron chi connectivity index (χ0n) is 78.9. The van der Waals surface area contributed by atoms with Crippen molar-refractivity contribution < 1.29 is 48.4 Å². The van der Waals surface area contributed by atoms with Crippen molar-refractivity contribution in [1.29, 1.82) is 0 Å². The molecule has 0 fully saturated rings. The van der Waals surface area contributed by atoms with Gasteiger partial charge < -0.3 is 38.5 Å². The van der Waals surface area contributed by atoms with Crippen molar-refractivity contribution in [3.05, 3.63) is 405 Å². The van der Waals surface area contributed by atoms with E-state index in [1.54, 1.807) is 50.2 Å². The van der Waals surface area contributed by atoms with Gasteiger partial charge in [-0.3, -0.25) is 47.9 Å². The number of hydrogen-bond donors (Lipinski definition) is 3. The molecule has 8 aromatic heterocycles. The third-order valence-electron chi connectivity index (χ3n) is 24.2. The Morgan fingerprint density at radius 3 is 0.979 bits per heavy atom. The average Bonchev–Trinajstić information content (AvgIpc) is 1.70. The second-order valence-electron chi connectivity index (χ2n) is 35.1. The van der Waals surface area contributed by atoms with E-state index in [1.165, 1.54) is 41.5 Å². The van der Waals surface area contributed by atoms with Crippen molar-refractivity contribution in [2.24, 2.45) is 14.1 Å². The Hall–Kier alpha value is -17.2. The monoisotopic (exact) mass is 1870 g/mol. The minimum atomic E-state index is -1.09. The number of nitrogens with zero attached hydrogens (tertiary/aromatic N) is 12. The van der Waals surface area contributed by atoms with Crippen LogP contribution >= 0.6 is 0 Å². The number of benzene rings is 12. The molecule has 28 heteroatoms. The van der Waals surface area contributed by atoms with Gasteiger partial charge in [0.05, 0.1) is 81.6 Å². The summed E-state index contributed by atoms with van der Waals surface area (Å²) >= 11 is 0. The molecule has 0 saturated carbocycles. The highest BCUT2D eigenvalue weighted by Gasteiger charge is 2.24. The molecule has 0 amide bonds. The Labute approximate surface area is 802 Å². The van der Waals surface area contributed by atoms with Crippen molar-refractivity contribution in [1.82, 2.24) is 63.0 Å². The second-order valence-corrected chi connectivity index (χ2v) is 35.1. The maximum Gasteiger partial charge on any atom is 0.327 e. The fraction of sp³-hybridized carbons (Fsp3) is 0.205. The number of carboxylic acid groups (broad SMARTS) is 2. The quantitative estimate of drug-likeness (QED) is 0.0395. The predicted octanol–water partition coefficient (Wildman–Crippen LogP) is 17.4. The van der Waals surface area contributed by atoms with Crippen molar-refractivity contribution in [3.8, 4) is 0 Å². The molecule has 0 unspecified atom stereocenters. The van der Waals surface area contributed by atoms with Crippen LogP contribution < -0.4 is 27.8 Å². The molecule has 8 heterocycles. The number of H-pyrrole nitrogens is 1. The number of ether oxygens (including phenoxy) is 3. The number of nitrogens with one attached hydrogen (secondary N) is 1. The van der Waals surface area contributed by atoms with E-state index in [0.29, 0.717) is 70.4 Å². The summed E-state index contributed by atoms with van der Waals surface area (Å²) in [5, 5.41) is 55.3. The summed E-state index contributed by atoms with van der Waals surface area (Å²) < 4.78 is 25.5. The zero-order valence-corrected chi connectivity index (χ0v) is 78.9. The standard InChI is InChI=1S/C26H29N3O3.C23H23N3O3.C23H20N2O3.C21H16N2O3.C19H15N3O3/c1-17-9-8-12-22-24(17)18(16-28(22)5)15-21-19-10-6-7-11-20(19)25(31)29(27-21)14-13-23(30)32-26(2,3)4;1-4-29-21(27)14-26-23(28)18-10-6-5-9-17(18)19(24-26)12-16-13-25(3)20-11-7-8-15(2)22(16)20;1-2-28-22(26)15-25-23(27)20-13-6-5-12-19(20)21(24-25)14-17-10-7-9-16-8-3-4-11-18(16)17;24-20(25)13-23-21(26)18-11-4-3-10-17(18)19(22-23)12-15-8-5-7-14-6-1-2-9-16(14)15;23-18(24)11-22-19(25)15-7-2-1-6-14(15)17(21-22)9-12-10-20-16-8-4-3-5-13(12)16/h6-12,16H,13-15H2,1-5H3;5-11,13H,4,12,14H2,1-3H3;3-13H,2,14-15H2,1H3;1-11H,12-13H2,(H,24,25);1-8,10,20H,9,11H2,(H,23,24). The van der Waals surface area contributed by atoms with Crippen LogP contribution in [0, 0.1) is 13.8 Å². The molecule has 706 valence electrons. The lowest BCUT2D eigenvalue weighted by Crippen LogP contribution is -2.29. The Morgan fingerprint density at radius 1 is 0.329 bits per heavy atom. The van der Waals surface area contributed by atoms with E-state index in [2.05, 4.69) is 140 Å². The van der Waals surface area contributed by atoms with Gasteiger partial charge in [0, 0.05) is 124 Å². The van der Waals surface area contributed by atoms with Crippen molar-refractivity contribution in [3.63, 3.8) is 0 Å². The highest BCUT2D eigenvalue weighted by Crippen LogP contribution is 2.33. The summed E-state index contributed by atoms with van der Waals surface area (Å²) in [4.78, 5) is 125. The number of carbonyl (C=O) groups excluding carboxylic acids is 3. The summed E-state index contributed by atoms with van der Waals surface area (Å²) in [5.41, 5.74) is 12.9. The molecule has 28 nitrogen and oxygen atoms in total. The molecule has 0 aliphatic carbocycles. The summed E-state index contributed by atoms with van der Waals surface area (Å²) in [6.45, 7) is 12.6. The van der Waals surface area contributed by atoms with Gasteiger partial charge in [0.1, 0.15) is 31.8 Å². The molecule has 12 aromatic carbocycles. The molecule has 20 aromatic rings. The van der Waals surface area contributed by atoms with Crippen LogP contribution in [0.5, 0.6) is 0 Å². The molecule has 3 N–H and O–H groups in total. The minimum Gasteiger partial charge on any atom is -0.480 e. The van der Waals surface area contributed by atoms with Crippen LogP contribution in [0.2, 0.25) is 0 Å². The SMILES string of the molecule is CCOC(=O)Cn1nc(Cc2cccc3ccccc23)c2ccccc2c1=O.CCOC(=O)Cn1nc(Cc2cn(C)c3cccc(C)c23)c2ccccc2c1=O.Cc1cccc2c1c(Cc1nn(CCC(=O)OC(C)(C)C)c(=O)c3ccccc13)cn2C.O=C(O)Cn1nc(Cc2c[nH]c3ccccc23)c2ccccc2c1=O.O=C(O)Cn1nc(Cc2cccc3ccccc23)c2ccccc2c1=O. The number of esters is 3. The van der Waals surface area contributed by atoms with Crippen LogP contribution in [-0.4, -0.2) is 122 Å². The molecule has 0 aliphatic heterocycles. The van der Waals surface area contributed by atoms with Crippen LogP contribution in [0.25, 0.3) is 108 Å². The van der Waals surface area contributed by atoms with Crippen LogP contribution in [0.1, 0.15) is 108 Å². The lowest BCUT2D eigenvalue weighted by molar-refractivity contribution is -0.155. The number of aromatic amines is 1. The number of hydrogen-bond acceptors (Lipinski definition) is 18. The summed E-state index contributed by atoms with van der Waals surface area (Å²) in [7, 11) is 4.07. The number of para-hydroxylation sites is 1. The van der Waals surface area contributed by atoms with Gasteiger partial charge in [0.2, 0.25) is 0 Å². The van der Waals surface area contributed by atoms with E-state index in [9.17, 15) is 47.9 Å². The van der Waals surface area contributed by atoms with E-state index in [4.69, 9.17) is 29.5 Å². The van der Waals surface area contributed by atoms with Gasteiger partial charge in [-0.25, -0.2) is 23.4 Å². The van der Waals surface area contributed by atoms with Crippen molar-refractivity contribution in [2.75, 3.05) is 13.2 Å². The first kappa shape index (κ1) is 96.0. The zero-order chi connectivity index (χ0) is 98.6. The lowest BCUT2D eigenvalue weighted by atomic mass is 9.99. The van der Waals surface area contributed by atoms with Crippen LogP contribution in [0.4, 0.5) is 0 Å². The topological polar surface area (TPSA) is 354 Å². The number of aliphatic carboxylic acids is 2. The molecule has 0 bridgehead atoms. The Morgan fingerprint density at radius 2 is 0.621 bits per heavy atom. The van der Waals surface area contributed by atoms with Gasteiger partial charge in [-0.05, 0) is 157 Å². The molecule has 0 saturated heterocycles. The normalized spacial score (nSPS) is 11.3. The highest BCUT2D eigenvalue weighted by molar-refractivity contribution is 5.95. The van der Waals surface area contributed by atoms with Crippen LogP contribution in [0.15, 0.2) is 309 Å². The minimum absolute atomic E-state index is 0.0926. The third-order valence-corrected chi connectivity index (χ3v) is 24.2. The van der Waals surface area contributed by atoms with E-state index in [0.717, 1.165) is 119 Å². The van der Waals surface area contributed by atoms with Gasteiger partial charge in [-0.1, -0.05) is 218 Å². The Kier molecular flexibility index (Phi) is 29.1. The molecule has 140 heavy (non-hydrogen) atoms. The first-order valence-electron chi connectivity index (χ1n) is 46.0. The summed E-state index contributed by atoms with van der Waals surface area (Å²) in [6, 6.07) is 85.7. The molecular weight excluding hydrogens is 1770 g/mol. The number of rotatable bonds is 23. The summed E-state index contributed by atoms with van der Waals surface area (Å²) in [5.74, 6) is -3.47. The number of aryl methyl sites for hydroxylation is 5. The molecule has 0 aliphatic rings. The molecule has 20 rings (SSSR count). The largest absolute Gasteiger partial charge is 0.480 e. The van der Waals surface area contributed by atoms with Crippen LogP contribution in [-0.2, 0) is 117 Å². The lowest BCUT2D eigenvalue weighted by Gasteiger charge is -2.19. The number of fused-ring (bicyclic) bond motifs is 10. The maximum absolute atomic E-state index is 13.0. The maximum atomic E-state index is 13.0. The first-order valence-corrected chi connectivity index (χ1v) is 46.0. The molecule has 0 radical (unpaired) electrons. The summed E-state index contributed by atoms with van der Waals surface area (Å²) in [6.07, 6.45) is 8.99. The molecule has 0 atom stereocenters. The fourth-order valence-corrected chi connectivity index (χ4v) is 18.1. The van der Waals surface area contributed by atoms with Crippen molar-refractivity contribution in [2.45, 2.75) is 125 Å². The smallest absolute Gasteiger partial charge is 0.327 e. The first-order chi connectivity index (χ1) is 67.6. The highest BCUT2D eigenvalue weighted by atomic mass is 16.6. The fourth-order valence-electron chi connectivity index (χ4n) is 18.1. The van der Waals surface area contributed by atoms with Gasteiger partial charge in [0.15, 0.2) is 0 Å². The van der Waals surface area contributed by atoms with E-state index < -0.39 is 42.6 Å².